The van der Waals surface area contributed by atoms with Crippen LogP contribution in [0, 0.1) is 0 Å². The lowest BCUT2D eigenvalue weighted by Crippen LogP contribution is -2.06. The third kappa shape index (κ3) is 17.6. The minimum atomic E-state index is -0.975. The van der Waals surface area contributed by atoms with Gasteiger partial charge in [-0.25, -0.2) is 0 Å². The van der Waals surface area contributed by atoms with Crippen LogP contribution in [0.5, 0.6) is 0 Å². The summed E-state index contributed by atoms with van der Waals surface area (Å²) in [5, 5.41) is 14.8. The summed E-state index contributed by atoms with van der Waals surface area (Å²) in [6.07, 6.45) is 0.222. The molecule has 0 heterocycles. The molecule has 0 saturated heterocycles. The van der Waals surface area contributed by atoms with E-state index in [4.69, 9.17) is 21.8 Å². The van der Waals surface area contributed by atoms with Crippen molar-refractivity contribution in [2.24, 2.45) is 0 Å². The topological polar surface area (TPSA) is 74.6 Å². The number of carboxylic acids is 2. The number of hydrogen-bond donors (Lipinski definition) is 2. The van der Waals surface area contributed by atoms with Crippen molar-refractivity contribution in [3.63, 3.8) is 0 Å². The molecule has 0 aliphatic rings. The molecule has 0 saturated carbocycles. The van der Waals surface area contributed by atoms with Crippen molar-refractivity contribution in [2.45, 2.75) is 25.6 Å². The van der Waals surface area contributed by atoms with Crippen LogP contribution in [0.4, 0.5) is 0 Å². The maximum absolute atomic E-state index is 9.57. The first kappa shape index (κ1) is 12.9. The molecule has 4 nitrogen and oxygen atoms in total. The van der Waals surface area contributed by atoms with Crippen molar-refractivity contribution in [1.29, 1.82) is 0 Å². The van der Waals surface area contributed by atoms with Gasteiger partial charge in [-0.15, -0.1) is 11.6 Å². The van der Waals surface area contributed by atoms with E-state index in [0.717, 1.165) is 0 Å². The second-order valence-electron chi connectivity index (χ2n) is 1.70. The molecule has 0 fully saturated rings. The summed E-state index contributed by atoms with van der Waals surface area (Å²) in [4.78, 5) is 18.9. The third-order valence-electron chi connectivity index (χ3n) is 0.643. The number of carboxylic acid groups (broad SMARTS) is 2. The van der Waals surface area contributed by atoms with E-state index in [9.17, 15) is 9.59 Å². The van der Waals surface area contributed by atoms with Gasteiger partial charge in [0.05, 0.1) is 0 Å². The van der Waals surface area contributed by atoms with E-state index in [-0.39, 0.29) is 6.42 Å². The van der Waals surface area contributed by atoms with Gasteiger partial charge in [-0.2, -0.15) is 0 Å². The number of aliphatic carboxylic acids is 2. The summed E-state index contributed by atoms with van der Waals surface area (Å²) in [5.74, 6) is -1.72. The van der Waals surface area contributed by atoms with E-state index in [2.05, 4.69) is 0 Å². The van der Waals surface area contributed by atoms with E-state index in [1.807, 2.05) is 0 Å². The highest BCUT2D eigenvalue weighted by Crippen LogP contribution is 1.89. The Bertz CT molecular complexity index is 133. The summed E-state index contributed by atoms with van der Waals surface area (Å²) in [6, 6.07) is 0. The van der Waals surface area contributed by atoms with Crippen LogP contribution in [-0.4, -0.2) is 27.5 Å². The zero-order valence-corrected chi connectivity index (χ0v) is 7.13. The van der Waals surface area contributed by atoms with Gasteiger partial charge in [-0.05, 0) is 6.92 Å². The Kier molecular flexibility index (Phi) is 8.58. The van der Waals surface area contributed by atoms with E-state index < -0.39 is 17.3 Å². The molecule has 0 rings (SSSR count). The number of rotatable bonds is 2. The molecule has 0 spiro atoms. The van der Waals surface area contributed by atoms with Crippen molar-refractivity contribution >= 4 is 23.5 Å². The SMILES string of the molecule is CC(Cl)C(=O)O.CCC(=O)O. The van der Waals surface area contributed by atoms with E-state index in [1.165, 1.54) is 6.92 Å². The minimum Gasteiger partial charge on any atom is -0.481 e. The Morgan fingerprint density at radius 2 is 1.64 bits per heavy atom. The summed E-state index contributed by atoms with van der Waals surface area (Å²) in [6.45, 7) is 3.01. The summed E-state index contributed by atoms with van der Waals surface area (Å²) in [7, 11) is 0. The minimum absolute atomic E-state index is 0.222. The first-order valence-corrected chi connectivity index (χ1v) is 3.44. The predicted octanol–water partition coefficient (Wildman–Crippen LogP) is 1.18. The van der Waals surface area contributed by atoms with Gasteiger partial charge in [0.15, 0.2) is 0 Å². The third-order valence-corrected chi connectivity index (χ3v) is 0.829. The molecular weight excluding hydrogens is 172 g/mol. The fourth-order valence-electron chi connectivity index (χ4n) is 0. The molecule has 0 aliphatic heterocycles. The molecule has 1 atom stereocenters. The largest absolute Gasteiger partial charge is 0.481 e. The van der Waals surface area contributed by atoms with Crippen LogP contribution < -0.4 is 0 Å². The second-order valence-corrected chi connectivity index (χ2v) is 2.36. The highest BCUT2D eigenvalue weighted by atomic mass is 35.5. The van der Waals surface area contributed by atoms with Crippen molar-refractivity contribution in [3.05, 3.63) is 0 Å². The molecule has 5 heteroatoms. The van der Waals surface area contributed by atoms with Gasteiger partial charge in [0.2, 0.25) is 0 Å². The monoisotopic (exact) mass is 182 g/mol. The fourth-order valence-corrected chi connectivity index (χ4v) is 0. The Hall–Kier alpha value is -0.770. The van der Waals surface area contributed by atoms with Crippen molar-refractivity contribution in [1.82, 2.24) is 0 Å². The molecule has 0 radical (unpaired) electrons. The molecule has 2 N–H and O–H groups in total. The summed E-state index contributed by atoms with van der Waals surface area (Å²) in [5.41, 5.74) is 0. The number of alkyl halides is 1. The molecular formula is C6H11ClO4. The van der Waals surface area contributed by atoms with Gasteiger partial charge in [0.1, 0.15) is 5.38 Å². The van der Waals surface area contributed by atoms with Gasteiger partial charge in [-0.3, -0.25) is 9.59 Å². The molecule has 1 unspecified atom stereocenters. The maximum atomic E-state index is 9.57. The zero-order valence-electron chi connectivity index (χ0n) is 6.37. The Labute approximate surface area is 69.8 Å². The first-order valence-electron chi connectivity index (χ1n) is 3.00. The van der Waals surface area contributed by atoms with Crippen LogP contribution in [0.15, 0.2) is 0 Å². The van der Waals surface area contributed by atoms with Crippen molar-refractivity contribution in [2.75, 3.05) is 0 Å². The average molecular weight is 183 g/mol. The Morgan fingerprint density at radius 3 is 1.64 bits per heavy atom. The van der Waals surface area contributed by atoms with Crippen LogP contribution in [0.25, 0.3) is 0 Å². The highest BCUT2D eigenvalue weighted by molar-refractivity contribution is 6.29. The summed E-state index contributed by atoms with van der Waals surface area (Å²) < 4.78 is 0. The van der Waals surface area contributed by atoms with Crippen molar-refractivity contribution in [3.8, 4) is 0 Å². The van der Waals surface area contributed by atoms with Gasteiger partial charge in [-0.1, -0.05) is 6.92 Å². The molecule has 0 aromatic heterocycles. The van der Waals surface area contributed by atoms with Crippen LogP contribution >= 0.6 is 11.6 Å². The average Bonchev–Trinajstić information content (AvgIpc) is 1.89. The normalized spacial score (nSPS) is 10.8. The number of carbonyl (C=O) groups is 2. The van der Waals surface area contributed by atoms with E-state index >= 15 is 0 Å². The van der Waals surface area contributed by atoms with Crippen molar-refractivity contribution < 1.29 is 19.8 Å². The van der Waals surface area contributed by atoms with Crippen LogP contribution in [0.1, 0.15) is 20.3 Å². The molecule has 0 aromatic rings. The standard InChI is InChI=1S/C3H5ClO2.C3H6O2/c1-2(4)3(5)6;1-2-3(4)5/h2H,1H3,(H,5,6);2H2,1H3,(H,4,5). The van der Waals surface area contributed by atoms with E-state index in [0.29, 0.717) is 0 Å². The van der Waals surface area contributed by atoms with Crippen LogP contribution in [0.3, 0.4) is 0 Å². The first-order chi connectivity index (χ1) is 4.91. The second kappa shape index (κ2) is 7.34. The zero-order chi connectivity index (χ0) is 9.44. The quantitative estimate of drug-likeness (QED) is 0.629. The molecule has 0 aromatic carbocycles. The van der Waals surface area contributed by atoms with Gasteiger partial charge in [0, 0.05) is 6.42 Å². The lowest BCUT2D eigenvalue weighted by molar-refractivity contribution is -0.137. The molecule has 11 heavy (non-hydrogen) atoms. The van der Waals surface area contributed by atoms with Gasteiger partial charge in [0.25, 0.3) is 0 Å². The molecule has 0 aliphatic carbocycles. The molecule has 0 bridgehead atoms. The number of halogens is 1. The number of hydrogen-bond acceptors (Lipinski definition) is 2. The van der Waals surface area contributed by atoms with Gasteiger partial charge < -0.3 is 10.2 Å². The van der Waals surface area contributed by atoms with Crippen LogP contribution in [-0.2, 0) is 9.59 Å². The Morgan fingerprint density at radius 1 is 1.45 bits per heavy atom. The predicted molar refractivity (Wildman–Crippen MR) is 40.9 cm³/mol. The smallest absolute Gasteiger partial charge is 0.321 e. The van der Waals surface area contributed by atoms with E-state index in [1.54, 1.807) is 6.92 Å². The lowest BCUT2D eigenvalue weighted by atomic mass is 10.5. The molecule has 66 valence electrons. The maximum Gasteiger partial charge on any atom is 0.321 e. The Balaban J connectivity index is 0. The van der Waals surface area contributed by atoms with Gasteiger partial charge >= 0.3 is 11.9 Å². The fraction of sp³-hybridized carbons (Fsp3) is 0.667. The summed E-state index contributed by atoms with van der Waals surface area (Å²) >= 11 is 5.01. The van der Waals surface area contributed by atoms with Crippen LogP contribution in [0.2, 0.25) is 0 Å². The lowest BCUT2D eigenvalue weighted by Gasteiger charge is -1.86. The highest BCUT2D eigenvalue weighted by Gasteiger charge is 2.02. The molecule has 0 amide bonds.